The summed E-state index contributed by atoms with van der Waals surface area (Å²) in [6.45, 7) is 3.97. The van der Waals surface area contributed by atoms with Crippen LogP contribution in [0.15, 0.2) is 42.6 Å². The number of fused-ring (bicyclic) bond motifs is 1. The van der Waals surface area contributed by atoms with E-state index in [1.807, 2.05) is 12.1 Å². The zero-order chi connectivity index (χ0) is 26.3. The van der Waals surface area contributed by atoms with Gasteiger partial charge in [0, 0.05) is 36.3 Å². The summed E-state index contributed by atoms with van der Waals surface area (Å²) in [6, 6.07) is 10.6. The molecule has 2 aromatic carbocycles. The number of nitrogens with one attached hydrogen (secondary N) is 2. The van der Waals surface area contributed by atoms with E-state index >= 15 is 0 Å². The van der Waals surface area contributed by atoms with Gasteiger partial charge >= 0.3 is 6.03 Å². The lowest BCUT2D eigenvalue weighted by Gasteiger charge is -2.26. The molecule has 1 aromatic heterocycles. The predicted molar refractivity (Wildman–Crippen MR) is 149 cm³/mol. The highest BCUT2D eigenvalue weighted by Crippen LogP contribution is 2.38. The van der Waals surface area contributed by atoms with E-state index in [0.29, 0.717) is 45.8 Å². The van der Waals surface area contributed by atoms with Gasteiger partial charge < -0.3 is 29.7 Å². The molecule has 1 saturated heterocycles. The zero-order valence-electron chi connectivity index (χ0n) is 21.4. The maximum Gasteiger partial charge on any atom is 0.319 e. The van der Waals surface area contributed by atoms with Crippen molar-refractivity contribution in [3.05, 3.63) is 47.6 Å². The molecule has 1 aliphatic carbocycles. The largest absolute Gasteiger partial charge is 0.490 e. The van der Waals surface area contributed by atoms with E-state index in [9.17, 15) is 4.79 Å². The predicted octanol–water partition coefficient (Wildman–Crippen LogP) is 5.51. The number of piperidine rings is 1. The van der Waals surface area contributed by atoms with Gasteiger partial charge in [-0.1, -0.05) is 18.0 Å². The van der Waals surface area contributed by atoms with Gasteiger partial charge in [0.05, 0.1) is 22.8 Å². The number of likely N-dealkylation sites (tertiary alicyclic amines) is 1. The summed E-state index contributed by atoms with van der Waals surface area (Å²) in [7, 11) is 0. The molecule has 202 valence electrons. The van der Waals surface area contributed by atoms with Gasteiger partial charge in [0.2, 0.25) is 0 Å². The number of anilines is 1. The monoisotopic (exact) mass is 539 g/mol. The van der Waals surface area contributed by atoms with Gasteiger partial charge in [0.25, 0.3) is 0 Å². The molecule has 0 radical (unpaired) electrons. The number of carbonyl (C=O) groups is 1. The lowest BCUT2D eigenvalue weighted by atomic mass is 10.1. The highest BCUT2D eigenvalue weighted by molar-refractivity contribution is 6.33. The fourth-order valence-electron chi connectivity index (χ4n) is 4.55. The third kappa shape index (κ3) is 6.98. The standard InChI is InChI=1S/C28H34ClN5O4/c29-22-15-20(7-8-23(22)33-28(35)32-19-5-6-19)38-25-9-10-31-24-17-27(26(37-18-30)16-21(24)25)36-14-4-13-34-11-2-1-3-12-34/h7-10,15-17,19H,1-6,11-14,18,30H2,(H2,32,33,35). The summed E-state index contributed by atoms with van der Waals surface area (Å²) in [5, 5.41) is 6.78. The van der Waals surface area contributed by atoms with Crippen LogP contribution in [-0.2, 0) is 0 Å². The third-order valence-electron chi connectivity index (χ3n) is 6.66. The molecule has 0 spiro atoms. The Labute approximate surface area is 227 Å². The van der Waals surface area contributed by atoms with Gasteiger partial charge in [-0.2, -0.15) is 0 Å². The lowest BCUT2D eigenvalue weighted by molar-refractivity contribution is 0.201. The molecule has 1 saturated carbocycles. The van der Waals surface area contributed by atoms with Crippen LogP contribution in [0.1, 0.15) is 38.5 Å². The van der Waals surface area contributed by atoms with E-state index in [0.717, 1.165) is 31.2 Å². The SMILES string of the molecule is NCOc1cc2c(Oc3ccc(NC(=O)NC4CC4)c(Cl)c3)ccnc2cc1OCCCN1CCCCC1. The number of halogens is 1. The number of rotatable bonds is 11. The first-order valence-corrected chi connectivity index (χ1v) is 13.6. The average Bonchev–Trinajstić information content (AvgIpc) is 3.73. The molecule has 10 heteroatoms. The van der Waals surface area contributed by atoms with Crippen molar-refractivity contribution in [2.75, 3.05) is 38.3 Å². The Bertz CT molecular complexity index is 1260. The summed E-state index contributed by atoms with van der Waals surface area (Å²) in [5.41, 5.74) is 6.92. The van der Waals surface area contributed by atoms with Gasteiger partial charge in [-0.25, -0.2) is 4.79 Å². The van der Waals surface area contributed by atoms with Crippen molar-refractivity contribution >= 4 is 34.2 Å². The van der Waals surface area contributed by atoms with E-state index in [1.54, 1.807) is 30.5 Å². The Hall–Kier alpha value is -3.27. The van der Waals surface area contributed by atoms with Crippen LogP contribution < -0.4 is 30.6 Å². The second-order valence-electron chi connectivity index (χ2n) is 9.66. The molecule has 2 aliphatic rings. The summed E-state index contributed by atoms with van der Waals surface area (Å²) in [6.07, 6.45) is 8.53. The van der Waals surface area contributed by atoms with Gasteiger partial charge in [0.15, 0.2) is 11.5 Å². The van der Waals surface area contributed by atoms with E-state index in [-0.39, 0.29) is 18.8 Å². The van der Waals surface area contributed by atoms with Crippen LogP contribution in [0.3, 0.4) is 0 Å². The van der Waals surface area contributed by atoms with Crippen LogP contribution in [0, 0.1) is 0 Å². The molecule has 2 fully saturated rings. The normalized spacial score (nSPS) is 15.7. The molecule has 38 heavy (non-hydrogen) atoms. The van der Waals surface area contributed by atoms with E-state index in [4.69, 9.17) is 31.5 Å². The maximum atomic E-state index is 12.1. The quantitative estimate of drug-likeness (QED) is 0.217. The summed E-state index contributed by atoms with van der Waals surface area (Å²) < 4.78 is 17.9. The first kappa shape index (κ1) is 26.3. The molecule has 0 unspecified atom stereocenters. The number of ether oxygens (including phenoxy) is 3. The minimum atomic E-state index is -0.264. The third-order valence-corrected chi connectivity index (χ3v) is 6.97. The van der Waals surface area contributed by atoms with Crippen molar-refractivity contribution in [3.63, 3.8) is 0 Å². The molecular weight excluding hydrogens is 506 g/mol. The highest BCUT2D eigenvalue weighted by Gasteiger charge is 2.23. The van der Waals surface area contributed by atoms with E-state index in [2.05, 4.69) is 20.5 Å². The molecule has 9 nitrogen and oxygen atoms in total. The van der Waals surface area contributed by atoms with Crippen LogP contribution in [0.25, 0.3) is 10.9 Å². The summed E-state index contributed by atoms with van der Waals surface area (Å²) in [4.78, 5) is 19.1. The Kier molecular flexibility index (Phi) is 8.68. The van der Waals surface area contributed by atoms with Crippen LogP contribution in [0.4, 0.5) is 10.5 Å². The van der Waals surface area contributed by atoms with Crippen molar-refractivity contribution < 1.29 is 19.0 Å². The number of aromatic nitrogens is 1. The smallest absolute Gasteiger partial charge is 0.319 e. The number of nitrogens with zero attached hydrogens (tertiary/aromatic N) is 2. The lowest BCUT2D eigenvalue weighted by Crippen LogP contribution is -2.31. The second-order valence-corrected chi connectivity index (χ2v) is 10.1. The van der Waals surface area contributed by atoms with Crippen molar-refractivity contribution in [2.24, 2.45) is 5.73 Å². The summed E-state index contributed by atoms with van der Waals surface area (Å²) in [5.74, 6) is 2.25. The fourth-order valence-corrected chi connectivity index (χ4v) is 4.76. The van der Waals surface area contributed by atoms with Gasteiger partial charge in [-0.05, 0) is 69.5 Å². The van der Waals surface area contributed by atoms with E-state index in [1.165, 1.54) is 32.4 Å². The number of pyridine rings is 1. The number of amides is 2. The van der Waals surface area contributed by atoms with E-state index < -0.39 is 0 Å². The fraction of sp³-hybridized carbons (Fsp3) is 0.429. The van der Waals surface area contributed by atoms with Crippen molar-refractivity contribution in [1.29, 1.82) is 0 Å². The van der Waals surface area contributed by atoms with Gasteiger partial charge in [-0.15, -0.1) is 0 Å². The minimum Gasteiger partial charge on any atom is -0.490 e. The first-order chi connectivity index (χ1) is 18.6. The molecule has 3 aromatic rings. The number of carbonyl (C=O) groups excluding carboxylic acids is 1. The highest BCUT2D eigenvalue weighted by atomic mass is 35.5. The van der Waals surface area contributed by atoms with Crippen molar-refractivity contribution in [2.45, 2.75) is 44.6 Å². The number of urea groups is 1. The van der Waals surface area contributed by atoms with Gasteiger partial charge in [0.1, 0.15) is 18.2 Å². The molecule has 2 heterocycles. The van der Waals surface area contributed by atoms with Crippen LogP contribution in [0.5, 0.6) is 23.0 Å². The molecule has 0 atom stereocenters. The number of nitrogens with two attached hydrogens (primary N) is 1. The van der Waals surface area contributed by atoms with Crippen LogP contribution >= 0.6 is 11.6 Å². The Balaban J connectivity index is 1.27. The first-order valence-electron chi connectivity index (χ1n) is 13.2. The second kappa shape index (κ2) is 12.5. The molecule has 1 aliphatic heterocycles. The minimum absolute atomic E-state index is 0.0183. The molecular formula is C28H34ClN5O4. The maximum absolute atomic E-state index is 12.1. The van der Waals surface area contributed by atoms with Gasteiger partial charge in [-0.3, -0.25) is 10.7 Å². The molecule has 2 amide bonds. The number of benzene rings is 2. The molecule has 0 bridgehead atoms. The summed E-state index contributed by atoms with van der Waals surface area (Å²) >= 11 is 6.42. The number of hydrogen-bond donors (Lipinski definition) is 3. The molecule has 5 rings (SSSR count). The Morgan fingerprint density at radius 1 is 1.05 bits per heavy atom. The molecule has 4 N–H and O–H groups in total. The van der Waals surface area contributed by atoms with Crippen LogP contribution in [0.2, 0.25) is 5.02 Å². The topological polar surface area (TPSA) is 111 Å². The van der Waals surface area contributed by atoms with Crippen LogP contribution in [-0.4, -0.2) is 54.9 Å². The Morgan fingerprint density at radius 2 is 1.87 bits per heavy atom. The van der Waals surface area contributed by atoms with Crippen molar-refractivity contribution in [1.82, 2.24) is 15.2 Å². The average molecular weight is 540 g/mol. The van der Waals surface area contributed by atoms with Crippen molar-refractivity contribution in [3.8, 4) is 23.0 Å². The zero-order valence-corrected chi connectivity index (χ0v) is 22.1. The number of hydrogen-bond acceptors (Lipinski definition) is 7. The Morgan fingerprint density at radius 3 is 2.63 bits per heavy atom.